The van der Waals surface area contributed by atoms with Gasteiger partial charge < -0.3 is 5.32 Å². The Morgan fingerprint density at radius 2 is 1.81 bits per heavy atom. The Bertz CT molecular complexity index is 651. The van der Waals surface area contributed by atoms with Crippen molar-refractivity contribution in [2.75, 3.05) is 11.9 Å². The van der Waals surface area contributed by atoms with Crippen molar-refractivity contribution in [2.24, 2.45) is 0 Å². The van der Waals surface area contributed by atoms with Gasteiger partial charge >= 0.3 is 6.18 Å². The highest BCUT2D eigenvalue weighted by Gasteiger charge is 2.33. The van der Waals surface area contributed by atoms with E-state index in [2.05, 4.69) is 15.3 Å². The van der Waals surface area contributed by atoms with Gasteiger partial charge in [-0.15, -0.1) is 0 Å². The summed E-state index contributed by atoms with van der Waals surface area (Å²) in [6.45, 7) is 6.01. The van der Waals surface area contributed by atoms with Crippen LogP contribution >= 0.6 is 0 Å². The Morgan fingerprint density at radius 3 is 2.38 bits per heavy atom. The van der Waals surface area contributed by atoms with E-state index in [4.69, 9.17) is 0 Å². The molecule has 6 heteroatoms. The van der Waals surface area contributed by atoms with E-state index in [0.29, 0.717) is 12.1 Å². The maximum atomic E-state index is 13.0. The molecule has 0 radical (unpaired) electrons. The van der Waals surface area contributed by atoms with Gasteiger partial charge in [0.15, 0.2) is 5.69 Å². The Labute approximate surface area is 121 Å². The molecule has 0 amide bonds. The SMILES string of the molecule is CCNc1nc(-c2ccc(C)cc2C)cc(C(F)(F)F)n1. The number of rotatable bonds is 3. The predicted octanol–water partition coefficient (Wildman–Crippen LogP) is 4.21. The van der Waals surface area contributed by atoms with Crippen molar-refractivity contribution in [2.45, 2.75) is 26.9 Å². The molecule has 2 aromatic rings. The summed E-state index contributed by atoms with van der Waals surface area (Å²) in [5.74, 6) is -0.0118. The summed E-state index contributed by atoms with van der Waals surface area (Å²) >= 11 is 0. The van der Waals surface area contributed by atoms with Crippen LogP contribution in [-0.4, -0.2) is 16.5 Å². The average molecular weight is 295 g/mol. The highest BCUT2D eigenvalue weighted by molar-refractivity contribution is 5.65. The second-order valence-corrected chi connectivity index (χ2v) is 4.81. The molecule has 1 aromatic heterocycles. The van der Waals surface area contributed by atoms with E-state index in [0.717, 1.165) is 17.2 Å². The summed E-state index contributed by atoms with van der Waals surface area (Å²) in [5, 5.41) is 2.74. The second kappa shape index (κ2) is 5.71. The number of aryl methyl sites for hydroxylation is 2. The van der Waals surface area contributed by atoms with Gasteiger partial charge in [-0.1, -0.05) is 23.8 Å². The Kier molecular flexibility index (Phi) is 4.16. The molecule has 0 aliphatic heterocycles. The lowest BCUT2D eigenvalue weighted by molar-refractivity contribution is -0.141. The molecular weight excluding hydrogens is 279 g/mol. The monoisotopic (exact) mass is 295 g/mol. The molecule has 0 aliphatic rings. The zero-order chi connectivity index (χ0) is 15.6. The van der Waals surface area contributed by atoms with Crippen LogP contribution in [0.25, 0.3) is 11.3 Å². The van der Waals surface area contributed by atoms with Gasteiger partial charge in [-0.05, 0) is 32.4 Å². The van der Waals surface area contributed by atoms with E-state index in [1.807, 2.05) is 26.0 Å². The van der Waals surface area contributed by atoms with Crippen LogP contribution in [0.2, 0.25) is 0 Å². The Balaban J connectivity index is 2.59. The minimum absolute atomic E-state index is 0.0118. The fraction of sp³-hybridized carbons (Fsp3) is 0.333. The zero-order valence-electron chi connectivity index (χ0n) is 12.0. The number of benzene rings is 1. The van der Waals surface area contributed by atoms with E-state index in [9.17, 15) is 13.2 Å². The third-order valence-corrected chi connectivity index (χ3v) is 3.01. The molecule has 0 fully saturated rings. The third kappa shape index (κ3) is 3.51. The smallest absolute Gasteiger partial charge is 0.354 e. The molecule has 0 spiro atoms. The van der Waals surface area contributed by atoms with Gasteiger partial charge in [0.2, 0.25) is 5.95 Å². The maximum Gasteiger partial charge on any atom is 0.433 e. The lowest BCUT2D eigenvalue weighted by Crippen LogP contribution is -2.12. The summed E-state index contributed by atoms with van der Waals surface area (Å²) in [7, 11) is 0. The van der Waals surface area contributed by atoms with Crippen molar-refractivity contribution < 1.29 is 13.2 Å². The molecule has 0 saturated carbocycles. The first-order chi connectivity index (χ1) is 9.81. The molecule has 1 heterocycles. The maximum absolute atomic E-state index is 13.0. The van der Waals surface area contributed by atoms with E-state index >= 15 is 0 Å². The molecule has 112 valence electrons. The Morgan fingerprint density at radius 1 is 1.10 bits per heavy atom. The van der Waals surface area contributed by atoms with E-state index in [1.165, 1.54) is 0 Å². The van der Waals surface area contributed by atoms with Crippen LogP contribution in [0.3, 0.4) is 0 Å². The summed E-state index contributed by atoms with van der Waals surface area (Å²) in [4.78, 5) is 7.70. The van der Waals surface area contributed by atoms with E-state index < -0.39 is 11.9 Å². The van der Waals surface area contributed by atoms with Crippen LogP contribution in [0.15, 0.2) is 24.3 Å². The molecule has 0 bridgehead atoms. The van der Waals surface area contributed by atoms with Crippen LogP contribution in [0.4, 0.5) is 19.1 Å². The number of hydrogen-bond donors (Lipinski definition) is 1. The van der Waals surface area contributed by atoms with Crippen molar-refractivity contribution >= 4 is 5.95 Å². The molecule has 0 saturated heterocycles. The lowest BCUT2D eigenvalue weighted by atomic mass is 10.0. The minimum atomic E-state index is -4.50. The number of anilines is 1. The van der Waals surface area contributed by atoms with Crippen LogP contribution in [0.5, 0.6) is 0 Å². The van der Waals surface area contributed by atoms with Crippen molar-refractivity contribution in [1.82, 2.24) is 9.97 Å². The number of nitrogens with one attached hydrogen (secondary N) is 1. The normalized spacial score (nSPS) is 11.5. The molecule has 0 aliphatic carbocycles. The highest BCUT2D eigenvalue weighted by atomic mass is 19.4. The first-order valence-corrected chi connectivity index (χ1v) is 6.59. The zero-order valence-corrected chi connectivity index (χ0v) is 12.0. The van der Waals surface area contributed by atoms with Gasteiger partial charge in [0.1, 0.15) is 0 Å². The lowest BCUT2D eigenvalue weighted by Gasteiger charge is -2.12. The third-order valence-electron chi connectivity index (χ3n) is 3.01. The van der Waals surface area contributed by atoms with Crippen LogP contribution in [-0.2, 0) is 6.18 Å². The van der Waals surface area contributed by atoms with Crippen LogP contribution in [0, 0.1) is 13.8 Å². The number of nitrogens with zero attached hydrogens (tertiary/aromatic N) is 2. The average Bonchev–Trinajstić information content (AvgIpc) is 2.37. The van der Waals surface area contributed by atoms with Gasteiger partial charge in [-0.3, -0.25) is 0 Å². The van der Waals surface area contributed by atoms with Crippen molar-refractivity contribution in [3.63, 3.8) is 0 Å². The number of halogens is 3. The molecule has 3 nitrogen and oxygen atoms in total. The fourth-order valence-electron chi connectivity index (χ4n) is 2.07. The van der Waals surface area contributed by atoms with Gasteiger partial charge in [0.25, 0.3) is 0 Å². The number of hydrogen-bond acceptors (Lipinski definition) is 3. The minimum Gasteiger partial charge on any atom is -0.354 e. The molecule has 2 rings (SSSR count). The molecule has 1 N–H and O–H groups in total. The van der Waals surface area contributed by atoms with Gasteiger partial charge in [0.05, 0.1) is 5.69 Å². The van der Waals surface area contributed by atoms with Crippen LogP contribution < -0.4 is 5.32 Å². The molecule has 21 heavy (non-hydrogen) atoms. The van der Waals surface area contributed by atoms with Gasteiger partial charge in [-0.2, -0.15) is 13.2 Å². The van der Waals surface area contributed by atoms with E-state index in [-0.39, 0.29) is 11.6 Å². The van der Waals surface area contributed by atoms with Gasteiger partial charge in [-0.25, -0.2) is 9.97 Å². The van der Waals surface area contributed by atoms with Gasteiger partial charge in [0, 0.05) is 12.1 Å². The summed E-state index contributed by atoms with van der Waals surface area (Å²) in [6, 6.07) is 6.53. The quantitative estimate of drug-likeness (QED) is 0.921. The summed E-state index contributed by atoms with van der Waals surface area (Å²) in [6.07, 6.45) is -4.50. The van der Waals surface area contributed by atoms with Crippen molar-refractivity contribution in [3.05, 3.63) is 41.1 Å². The number of alkyl halides is 3. The molecule has 0 unspecified atom stereocenters. The standard InChI is InChI=1S/C15H16F3N3/c1-4-19-14-20-12(8-13(21-14)15(16,17)18)11-6-5-9(2)7-10(11)3/h5-8H,4H2,1-3H3,(H,19,20,21). The largest absolute Gasteiger partial charge is 0.433 e. The number of aromatic nitrogens is 2. The predicted molar refractivity (Wildman–Crippen MR) is 76.1 cm³/mol. The van der Waals surface area contributed by atoms with Crippen LogP contribution in [0.1, 0.15) is 23.7 Å². The van der Waals surface area contributed by atoms with Crippen molar-refractivity contribution in [3.8, 4) is 11.3 Å². The fourth-order valence-corrected chi connectivity index (χ4v) is 2.07. The topological polar surface area (TPSA) is 37.8 Å². The molecule has 0 atom stereocenters. The Hall–Kier alpha value is -2.11. The van der Waals surface area contributed by atoms with Crippen molar-refractivity contribution in [1.29, 1.82) is 0 Å². The first kappa shape index (κ1) is 15.3. The summed E-state index contributed by atoms with van der Waals surface area (Å²) < 4.78 is 38.9. The first-order valence-electron chi connectivity index (χ1n) is 6.59. The highest BCUT2D eigenvalue weighted by Crippen LogP contribution is 2.32. The molecular formula is C15H16F3N3. The molecule has 1 aromatic carbocycles. The second-order valence-electron chi connectivity index (χ2n) is 4.81. The summed E-state index contributed by atoms with van der Waals surface area (Å²) in [5.41, 5.74) is 1.93. The van der Waals surface area contributed by atoms with E-state index in [1.54, 1.807) is 13.0 Å².